The quantitative estimate of drug-likeness (QED) is 0.828. The molecule has 0 aliphatic heterocycles. The molecule has 0 bridgehead atoms. The van der Waals surface area contributed by atoms with Crippen LogP contribution in [0.3, 0.4) is 0 Å². The SMILES string of the molecule is COC(=O)c1c(NC(=O)c2cc(C(F)(F)F)[nH]n2)cnn1C. The van der Waals surface area contributed by atoms with E-state index in [4.69, 9.17) is 0 Å². The molecule has 11 heteroatoms. The second-order valence-electron chi connectivity index (χ2n) is 4.14. The van der Waals surface area contributed by atoms with Crippen LogP contribution in [0.15, 0.2) is 12.3 Å². The van der Waals surface area contributed by atoms with E-state index in [1.165, 1.54) is 13.2 Å². The van der Waals surface area contributed by atoms with Gasteiger partial charge in [-0.3, -0.25) is 14.6 Å². The number of esters is 1. The molecule has 1 amide bonds. The Hall–Kier alpha value is -2.85. The number of methoxy groups -OCH3 is 1. The van der Waals surface area contributed by atoms with Gasteiger partial charge in [0.1, 0.15) is 5.69 Å². The molecule has 0 unspecified atom stereocenters. The number of rotatable bonds is 3. The molecule has 0 fully saturated rings. The third kappa shape index (κ3) is 2.92. The van der Waals surface area contributed by atoms with Crippen molar-refractivity contribution in [3.05, 3.63) is 29.3 Å². The molecular formula is C11H10F3N5O3. The Morgan fingerprint density at radius 3 is 2.64 bits per heavy atom. The van der Waals surface area contributed by atoms with Crippen LogP contribution in [-0.4, -0.2) is 39.0 Å². The maximum absolute atomic E-state index is 12.4. The summed E-state index contributed by atoms with van der Waals surface area (Å²) in [5.41, 5.74) is -1.69. The van der Waals surface area contributed by atoms with Gasteiger partial charge in [0.25, 0.3) is 5.91 Å². The van der Waals surface area contributed by atoms with Crippen molar-refractivity contribution < 1.29 is 27.5 Å². The molecule has 2 N–H and O–H groups in total. The maximum atomic E-state index is 12.4. The molecule has 118 valence electrons. The largest absolute Gasteiger partial charge is 0.464 e. The molecule has 22 heavy (non-hydrogen) atoms. The number of hydrogen-bond acceptors (Lipinski definition) is 5. The van der Waals surface area contributed by atoms with E-state index in [1.807, 2.05) is 0 Å². The van der Waals surface area contributed by atoms with E-state index in [-0.39, 0.29) is 11.4 Å². The lowest BCUT2D eigenvalue weighted by atomic mass is 10.3. The van der Waals surface area contributed by atoms with Crippen molar-refractivity contribution in [1.29, 1.82) is 0 Å². The third-order valence-corrected chi connectivity index (χ3v) is 2.68. The van der Waals surface area contributed by atoms with Crippen LogP contribution in [-0.2, 0) is 18.0 Å². The highest BCUT2D eigenvalue weighted by atomic mass is 19.4. The molecule has 2 heterocycles. The van der Waals surface area contributed by atoms with E-state index in [1.54, 1.807) is 5.10 Å². The van der Waals surface area contributed by atoms with Crippen molar-refractivity contribution in [2.24, 2.45) is 7.05 Å². The highest BCUT2D eigenvalue weighted by Gasteiger charge is 2.34. The fourth-order valence-electron chi connectivity index (χ4n) is 1.64. The first-order chi connectivity index (χ1) is 10.2. The van der Waals surface area contributed by atoms with Gasteiger partial charge in [-0.2, -0.15) is 23.4 Å². The number of aromatic nitrogens is 4. The Kier molecular flexibility index (Phi) is 3.89. The highest BCUT2D eigenvalue weighted by molar-refractivity contribution is 6.06. The molecular weight excluding hydrogens is 307 g/mol. The Morgan fingerprint density at radius 2 is 2.09 bits per heavy atom. The van der Waals surface area contributed by atoms with Crippen molar-refractivity contribution in [1.82, 2.24) is 20.0 Å². The van der Waals surface area contributed by atoms with Gasteiger partial charge in [0, 0.05) is 13.1 Å². The molecule has 8 nitrogen and oxygen atoms in total. The molecule has 0 aromatic carbocycles. The van der Waals surface area contributed by atoms with E-state index < -0.39 is 29.4 Å². The maximum Gasteiger partial charge on any atom is 0.432 e. The number of carbonyl (C=O) groups is 2. The van der Waals surface area contributed by atoms with Crippen LogP contribution in [0, 0.1) is 0 Å². The third-order valence-electron chi connectivity index (χ3n) is 2.68. The molecule has 0 aliphatic rings. The predicted molar refractivity (Wildman–Crippen MR) is 66.1 cm³/mol. The normalized spacial score (nSPS) is 11.3. The van der Waals surface area contributed by atoms with Crippen molar-refractivity contribution >= 4 is 17.6 Å². The van der Waals surface area contributed by atoms with Crippen LogP contribution in [0.2, 0.25) is 0 Å². The van der Waals surface area contributed by atoms with Gasteiger partial charge < -0.3 is 10.1 Å². The Balaban J connectivity index is 2.23. The van der Waals surface area contributed by atoms with Gasteiger partial charge in [-0.05, 0) is 0 Å². The minimum absolute atomic E-state index is 0.00379. The molecule has 0 spiro atoms. The Morgan fingerprint density at radius 1 is 1.41 bits per heavy atom. The predicted octanol–water partition coefficient (Wildman–Crippen LogP) is 1.20. The summed E-state index contributed by atoms with van der Waals surface area (Å²) in [7, 11) is 2.59. The number of nitrogens with one attached hydrogen (secondary N) is 2. The fraction of sp³-hybridized carbons (Fsp3) is 0.273. The first-order valence-electron chi connectivity index (χ1n) is 5.78. The monoisotopic (exact) mass is 317 g/mol. The second kappa shape index (κ2) is 5.50. The summed E-state index contributed by atoms with van der Waals surface area (Å²) in [6.45, 7) is 0. The highest BCUT2D eigenvalue weighted by Crippen LogP contribution is 2.27. The molecule has 2 aromatic rings. The summed E-state index contributed by atoms with van der Waals surface area (Å²) >= 11 is 0. The molecule has 2 rings (SSSR count). The lowest BCUT2D eigenvalue weighted by Gasteiger charge is -2.04. The Bertz CT molecular complexity index is 719. The van der Waals surface area contributed by atoms with Crippen molar-refractivity contribution in [2.75, 3.05) is 12.4 Å². The summed E-state index contributed by atoms with van der Waals surface area (Å²) in [4.78, 5) is 23.4. The number of hydrogen-bond donors (Lipinski definition) is 2. The van der Waals surface area contributed by atoms with E-state index in [0.717, 1.165) is 11.8 Å². The van der Waals surface area contributed by atoms with Gasteiger partial charge in [-0.25, -0.2) is 4.79 Å². The van der Waals surface area contributed by atoms with E-state index >= 15 is 0 Å². The van der Waals surface area contributed by atoms with E-state index in [9.17, 15) is 22.8 Å². The number of halogens is 3. The van der Waals surface area contributed by atoms with Crippen LogP contribution in [0.4, 0.5) is 18.9 Å². The van der Waals surface area contributed by atoms with Gasteiger partial charge in [0.05, 0.1) is 19.0 Å². The number of amides is 1. The summed E-state index contributed by atoms with van der Waals surface area (Å²) in [5, 5.41) is 11.0. The van der Waals surface area contributed by atoms with Gasteiger partial charge in [-0.15, -0.1) is 0 Å². The zero-order valence-corrected chi connectivity index (χ0v) is 11.4. The van der Waals surface area contributed by atoms with E-state index in [2.05, 4.69) is 20.3 Å². The van der Waals surface area contributed by atoms with Crippen LogP contribution in [0.5, 0.6) is 0 Å². The van der Waals surface area contributed by atoms with Crippen molar-refractivity contribution in [2.45, 2.75) is 6.18 Å². The number of aryl methyl sites for hydroxylation is 1. The number of anilines is 1. The van der Waals surface area contributed by atoms with Crippen LogP contribution in [0.1, 0.15) is 26.7 Å². The Labute approximate surface area is 121 Å². The summed E-state index contributed by atoms with van der Waals surface area (Å²) < 4.78 is 43.0. The molecule has 0 aliphatic carbocycles. The van der Waals surface area contributed by atoms with Crippen LogP contribution >= 0.6 is 0 Å². The number of nitrogens with zero attached hydrogens (tertiary/aromatic N) is 3. The van der Waals surface area contributed by atoms with Crippen LogP contribution in [0.25, 0.3) is 0 Å². The van der Waals surface area contributed by atoms with Crippen LogP contribution < -0.4 is 5.32 Å². The van der Waals surface area contributed by atoms with Gasteiger partial charge in [-0.1, -0.05) is 0 Å². The number of alkyl halides is 3. The molecule has 0 saturated carbocycles. The molecule has 0 saturated heterocycles. The topological polar surface area (TPSA) is 102 Å². The minimum atomic E-state index is -4.64. The first kappa shape index (κ1) is 15.5. The standard InChI is InChI=1S/C11H10F3N5O3/c1-19-8(10(21)22-2)6(4-15-19)16-9(20)5-3-7(18-17-5)11(12,13)14/h3-4H,1-2H3,(H,16,20)(H,17,18). The average molecular weight is 317 g/mol. The minimum Gasteiger partial charge on any atom is -0.464 e. The van der Waals surface area contributed by atoms with Gasteiger partial charge in [0.15, 0.2) is 11.4 Å². The lowest BCUT2D eigenvalue weighted by Crippen LogP contribution is -2.16. The summed E-state index contributed by atoms with van der Waals surface area (Å²) in [5.74, 6) is -1.68. The zero-order valence-electron chi connectivity index (χ0n) is 11.4. The number of carbonyl (C=O) groups excluding carboxylic acids is 2. The molecule has 0 radical (unpaired) electrons. The number of aromatic amines is 1. The van der Waals surface area contributed by atoms with Crippen molar-refractivity contribution in [3.63, 3.8) is 0 Å². The number of H-pyrrole nitrogens is 1. The zero-order chi connectivity index (χ0) is 16.5. The number of ether oxygens (including phenoxy) is 1. The van der Waals surface area contributed by atoms with Gasteiger partial charge in [0.2, 0.25) is 0 Å². The fourth-order valence-corrected chi connectivity index (χ4v) is 1.64. The lowest BCUT2D eigenvalue weighted by molar-refractivity contribution is -0.141. The average Bonchev–Trinajstić information content (AvgIpc) is 3.05. The van der Waals surface area contributed by atoms with Gasteiger partial charge >= 0.3 is 12.1 Å². The smallest absolute Gasteiger partial charge is 0.432 e. The molecule has 0 atom stereocenters. The molecule has 2 aromatic heterocycles. The van der Waals surface area contributed by atoms with E-state index in [0.29, 0.717) is 6.07 Å². The van der Waals surface area contributed by atoms with Crippen molar-refractivity contribution in [3.8, 4) is 0 Å². The summed E-state index contributed by atoms with van der Waals surface area (Å²) in [6.07, 6.45) is -3.47. The summed E-state index contributed by atoms with van der Waals surface area (Å²) in [6, 6.07) is 0.559. The second-order valence-corrected chi connectivity index (χ2v) is 4.14. The first-order valence-corrected chi connectivity index (χ1v) is 5.78.